The summed E-state index contributed by atoms with van der Waals surface area (Å²) in [6.07, 6.45) is 0.136. The van der Waals surface area contributed by atoms with Crippen molar-refractivity contribution in [2.24, 2.45) is 5.73 Å². The van der Waals surface area contributed by atoms with Crippen LogP contribution in [0.1, 0.15) is 5.69 Å². The zero-order valence-corrected chi connectivity index (χ0v) is 12.7. The fourth-order valence-corrected chi connectivity index (χ4v) is 2.89. The number of aromatic nitrogens is 1. The van der Waals surface area contributed by atoms with E-state index in [0.717, 1.165) is 42.6 Å². The standard InChI is InChI=1S/C13H17N3O2S.ClH/c14-7-11-9-16(3-4-17-11)8-10-6-12(18-15-10)13-2-1-5-19-13;/h1-2,5-6,11H,3-4,7-9,14H2;1H. The van der Waals surface area contributed by atoms with Gasteiger partial charge in [-0.25, -0.2) is 0 Å². The van der Waals surface area contributed by atoms with E-state index < -0.39 is 0 Å². The van der Waals surface area contributed by atoms with Crippen LogP contribution in [-0.2, 0) is 11.3 Å². The fourth-order valence-electron chi connectivity index (χ4n) is 2.22. The lowest BCUT2D eigenvalue weighted by atomic mass is 10.2. The van der Waals surface area contributed by atoms with E-state index >= 15 is 0 Å². The third-order valence-corrected chi connectivity index (χ3v) is 4.08. The largest absolute Gasteiger partial charge is 0.374 e. The Hall–Kier alpha value is -0.920. The Kier molecular flexibility index (Phi) is 5.56. The Bertz CT molecular complexity index is 517. The van der Waals surface area contributed by atoms with Gasteiger partial charge in [-0.1, -0.05) is 11.2 Å². The second kappa shape index (κ2) is 7.19. The van der Waals surface area contributed by atoms with E-state index in [4.69, 9.17) is 15.0 Å². The van der Waals surface area contributed by atoms with E-state index in [0.29, 0.717) is 6.54 Å². The van der Waals surface area contributed by atoms with Crippen LogP contribution in [0, 0.1) is 0 Å². The normalized spacial score (nSPS) is 19.8. The maximum atomic E-state index is 5.64. The molecular weight excluding hydrogens is 298 g/mol. The minimum absolute atomic E-state index is 0. The van der Waals surface area contributed by atoms with Crippen molar-refractivity contribution in [3.63, 3.8) is 0 Å². The lowest BCUT2D eigenvalue weighted by Gasteiger charge is -2.31. The van der Waals surface area contributed by atoms with Crippen LogP contribution in [0.5, 0.6) is 0 Å². The van der Waals surface area contributed by atoms with Gasteiger partial charge in [-0.15, -0.1) is 23.7 Å². The maximum absolute atomic E-state index is 5.64. The summed E-state index contributed by atoms with van der Waals surface area (Å²) in [5.74, 6) is 0.841. The second-order valence-electron chi connectivity index (χ2n) is 4.62. The Morgan fingerprint density at radius 3 is 3.15 bits per heavy atom. The second-order valence-corrected chi connectivity index (χ2v) is 5.57. The van der Waals surface area contributed by atoms with E-state index in [2.05, 4.69) is 10.1 Å². The molecule has 20 heavy (non-hydrogen) atoms. The van der Waals surface area contributed by atoms with E-state index in [1.807, 2.05) is 23.6 Å². The number of ether oxygens (including phenoxy) is 1. The van der Waals surface area contributed by atoms with Crippen molar-refractivity contribution in [2.75, 3.05) is 26.2 Å². The molecule has 0 spiro atoms. The molecule has 0 aromatic carbocycles. The zero-order chi connectivity index (χ0) is 13.1. The van der Waals surface area contributed by atoms with Gasteiger partial charge in [0.05, 0.1) is 23.3 Å². The number of hydrogen-bond acceptors (Lipinski definition) is 6. The molecule has 0 saturated carbocycles. The highest BCUT2D eigenvalue weighted by Gasteiger charge is 2.20. The number of rotatable bonds is 4. The molecular formula is C13H18ClN3O2S. The van der Waals surface area contributed by atoms with Crippen molar-refractivity contribution in [1.29, 1.82) is 0 Å². The third kappa shape index (κ3) is 3.59. The highest BCUT2D eigenvalue weighted by Crippen LogP contribution is 2.25. The van der Waals surface area contributed by atoms with Gasteiger partial charge in [-0.3, -0.25) is 4.90 Å². The van der Waals surface area contributed by atoms with Crippen LogP contribution in [0.3, 0.4) is 0 Å². The predicted molar refractivity (Wildman–Crippen MR) is 81.1 cm³/mol. The molecule has 3 rings (SSSR count). The molecule has 1 fully saturated rings. The van der Waals surface area contributed by atoms with Crippen LogP contribution in [0.2, 0.25) is 0 Å². The van der Waals surface area contributed by atoms with Crippen LogP contribution >= 0.6 is 23.7 Å². The molecule has 110 valence electrons. The molecule has 0 amide bonds. The molecule has 0 radical (unpaired) electrons. The van der Waals surface area contributed by atoms with E-state index in [-0.39, 0.29) is 18.5 Å². The first kappa shape index (κ1) is 15.5. The summed E-state index contributed by atoms with van der Waals surface area (Å²) in [6.45, 7) is 3.86. The average molecular weight is 316 g/mol. The minimum atomic E-state index is 0. The molecule has 2 N–H and O–H groups in total. The van der Waals surface area contributed by atoms with Gasteiger partial charge in [0, 0.05) is 32.2 Å². The summed E-state index contributed by atoms with van der Waals surface area (Å²) >= 11 is 1.66. The van der Waals surface area contributed by atoms with Gasteiger partial charge < -0.3 is 15.0 Å². The molecule has 5 nitrogen and oxygen atoms in total. The van der Waals surface area contributed by atoms with Gasteiger partial charge >= 0.3 is 0 Å². The topological polar surface area (TPSA) is 64.5 Å². The number of nitrogens with two attached hydrogens (primary N) is 1. The average Bonchev–Trinajstić information content (AvgIpc) is 3.09. The molecule has 1 saturated heterocycles. The predicted octanol–water partition coefficient (Wildman–Crippen LogP) is 1.98. The van der Waals surface area contributed by atoms with Crippen molar-refractivity contribution < 1.29 is 9.26 Å². The number of halogens is 1. The third-order valence-electron chi connectivity index (χ3n) is 3.19. The fraction of sp³-hybridized carbons (Fsp3) is 0.462. The molecule has 1 atom stereocenters. The van der Waals surface area contributed by atoms with Gasteiger partial charge in [0.2, 0.25) is 0 Å². The van der Waals surface area contributed by atoms with Crippen molar-refractivity contribution in [3.05, 3.63) is 29.3 Å². The first-order valence-corrected chi connectivity index (χ1v) is 7.26. The van der Waals surface area contributed by atoms with Gasteiger partial charge in [0.1, 0.15) is 0 Å². The Morgan fingerprint density at radius 1 is 1.50 bits per heavy atom. The first-order valence-electron chi connectivity index (χ1n) is 6.38. The van der Waals surface area contributed by atoms with Crippen molar-refractivity contribution >= 4 is 23.7 Å². The summed E-state index contributed by atoms with van der Waals surface area (Å²) in [6, 6.07) is 6.06. The van der Waals surface area contributed by atoms with Crippen molar-refractivity contribution in [1.82, 2.24) is 10.1 Å². The highest BCUT2D eigenvalue weighted by atomic mass is 35.5. The smallest absolute Gasteiger partial charge is 0.177 e. The Balaban J connectivity index is 0.00000147. The number of morpholine rings is 1. The van der Waals surface area contributed by atoms with Crippen LogP contribution < -0.4 is 5.73 Å². The van der Waals surface area contributed by atoms with Crippen LogP contribution in [0.4, 0.5) is 0 Å². The SMILES string of the molecule is Cl.NCC1CN(Cc2cc(-c3cccs3)on2)CCO1. The van der Waals surface area contributed by atoms with Gasteiger partial charge in [0.25, 0.3) is 0 Å². The van der Waals surface area contributed by atoms with Gasteiger partial charge in [-0.2, -0.15) is 0 Å². The van der Waals surface area contributed by atoms with Gasteiger partial charge in [-0.05, 0) is 11.4 Å². The Morgan fingerprint density at radius 2 is 2.40 bits per heavy atom. The summed E-state index contributed by atoms with van der Waals surface area (Å²) < 4.78 is 10.9. The number of thiophene rings is 1. The lowest BCUT2D eigenvalue weighted by Crippen LogP contribution is -2.45. The summed E-state index contributed by atoms with van der Waals surface area (Å²) in [5, 5.41) is 6.17. The molecule has 3 heterocycles. The van der Waals surface area contributed by atoms with Crippen LogP contribution in [-0.4, -0.2) is 42.4 Å². The zero-order valence-electron chi connectivity index (χ0n) is 11.0. The molecule has 1 aliphatic rings. The van der Waals surface area contributed by atoms with Crippen molar-refractivity contribution in [2.45, 2.75) is 12.6 Å². The Labute approximate surface area is 128 Å². The number of nitrogens with zero attached hydrogens (tertiary/aromatic N) is 2. The van der Waals surface area contributed by atoms with Gasteiger partial charge in [0.15, 0.2) is 5.76 Å². The minimum Gasteiger partial charge on any atom is -0.374 e. The van der Waals surface area contributed by atoms with E-state index in [9.17, 15) is 0 Å². The van der Waals surface area contributed by atoms with Crippen LogP contribution in [0.15, 0.2) is 28.1 Å². The van der Waals surface area contributed by atoms with Crippen molar-refractivity contribution in [3.8, 4) is 10.6 Å². The first-order chi connectivity index (χ1) is 9.35. The van der Waals surface area contributed by atoms with E-state index in [1.54, 1.807) is 11.3 Å². The van der Waals surface area contributed by atoms with E-state index in [1.165, 1.54) is 0 Å². The molecule has 7 heteroatoms. The number of hydrogen-bond donors (Lipinski definition) is 1. The summed E-state index contributed by atoms with van der Waals surface area (Å²) in [4.78, 5) is 3.41. The highest BCUT2D eigenvalue weighted by molar-refractivity contribution is 7.13. The summed E-state index contributed by atoms with van der Waals surface area (Å²) in [5.41, 5.74) is 6.60. The quantitative estimate of drug-likeness (QED) is 0.934. The maximum Gasteiger partial charge on any atom is 0.177 e. The summed E-state index contributed by atoms with van der Waals surface area (Å²) in [7, 11) is 0. The molecule has 2 aromatic rings. The lowest BCUT2D eigenvalue weighted by molar-refractivity contribution is -0.0266. The molecule has 1 unspecified atom stereocenters. The molecule has 0 aliphatic carbocycles. The van der Waals surface area contributed by atoms with Crippen LogP contribution in [0.25, 0.3) is 10.6 Å². The monoisotopic (exact) mass is 315 g/mol. The molecule has 1 aliphatic heterocycles. The molecule has 2 aromatic heterocycles. The molecule has 0 bridgehead atoms.